The molecule has 2 aliphatic rings. The van der Waals surface area contributed by atoms with Crippen LogP contribution in [-0.4, -0.2) is 11.9 Å². The monoisotopic (exact) mass is 336 g/mol. The number of rotatable bonds is 0. The molecule has 25 heavy (non-hydrogen) atoms. The second kappa shape index (κ2) is 5.59. The Kier molecular flexibility index (Phi) is 3.79. The summed E-state index contributed by atoms with van der Waals surface area (Å²) in [6.07, 6.45) is 0. The van der Waals surface area contributed by atoms with Crippen LogP contribution in [0.15, 0.2) is 24.3 Å². The van der Waals surface area contributed by atoms with Crippen LogP contribution in [0, 0.1) is 27.7 Å². The Bertz CT molecular complexity index is 900. The van der Waals surface area contributed by atoms with Crippen LogP contribution in [0.5, 0.6) is 11.5 Å². The maximum Gasteiger partial charge on any atom is 0.345 e. The summed E-state index contributed by atoms with van der Waals surface area (Å²) in [4.78, 5) is 25.0. The summed E-state index contributed by atoms with van der Waals surface area (Å²) in [5, 5.41) is 0. The molecule has 0 amide bonds. The van der Waals surface area contributed by atoms with Gasteiger partial charge in [-0.05, 0) is 62.1 Å². The predicted octanol–water partition coefficient (Wildman–Crippen LogP) is 4.31. The first-order valence-electron chi connectivity index (χ1n) is 7.78. The van der Waals surface area contributed by atoms with Crippen LogP contribution < -0.4 is 9.47 Å². The Morgan fingerprint density at radius 2 is 1.00 bits per heavy atom. The zero-order valence-electron chi connectivity index (χ0n) is 13.9. The Morgan fingerprint density at radius 1 is 0.640 bits per heavy atom. The molecule has 4 rings (SSSR count). The van der Waals surface area contributed by atoms with Crippen molar-refractivity contribution in [2.24, 2.45) is 0 Å². The molecule has 4 nitrogen and oxygen atoms in total. The molecule has 128 valence electrons. The van der Waals surface area contributed by atoms with Crippen molar-refractivity contribution >= 4 is 23.1 Å². The van der Waals surface area contributed by atoms with Crippen molar-refractivity contribution < 1.29 is 19.1 Å². The van der Waals surface area contributed by atoms with E-state index in [1.54, 1.807) is 0 Å². The fraction of sp³-hybridized carbons (Fsp3) is 0.238. The van der Waals surface area contributed by atoms with Crippen LogP contribution in [0.4, 0.5) is 0 Å². The van der Waals surface area contributed by atoms with Crippen molar-refractivity contribution in [2.75, 3.05) is 0 Å². The van der Waals surface area contributed by atoms with E-state index in [1.807, 2.05) is 52.0 Å². The maximum absolute atomic E-state index is 12.5. The van der Waals surface area contributed by atoms with Gasteiger partial charge in [-0.25, -0.2) is 9.59 Å². The lowest BCUT2D eigenvalue weighted by atomic mass is 9.93. The van der Waals surface area contributed by atoms with Crippen molar-refractivity contribution in [3.8, 4) is 11.5 Å². The molecule has 0 saturated carbocycles. The molecule has 0 radical (unpaired) electrons. The topological polar surface area (TPSA) is 52.6 Å². The van der Waals surface area contributed by atoms with E-state index in [0.29, 0.717) is 33.8 Å². The zero-order chi connectivity index (χ0) is 17.2. The van der Waals surface area contributed by atoms with Gasteiger partial charge in [0, 0.05) is 11.1 Å². The van der Waals surface area contributed by atoms with E-state index in [4.69, 9.17) is 9.47 Å². The molecular weight excluding hydrogens is 316 g/mol. The van der Waals surface area contributed by atoms with Crippen LogP contribution in [0.2, 0.25) is 0 Å². The Hall–Kier alpha value is -2.88. The van der Waals surface area contributed by atoms with E-state index >= 15 is 0 Å². The van der Waals surface area contributed by atoms with Gasteiger partial charge in [-0.1, -0.05) is 19.6 Å². The molecule has 0 unspecified atom stereocenters. The number of esters is 2. The quantitative estimate of drug-likeness (QED) is 0.409. The van der Waals surface area contributed by atoms with Gasteiger partial charge < -0.3 is 9.47 Å². The molecule has 0 aromatic heterocycles. The van der Waals surface area contributed by atoms with Crippen molar-refractivity contribution in [2.45, 2.75) is 35.1 Å². The normalized spacial score (nSPS) is 17.6. The van der Waals surface area contributed by atoms with Gasteiger partial charge in [-0.2, -0.15) is 0 Å². The first kappa shape index (κ1) is 17.0. The maximum atomic E-state index is 12.5. The van der Waals surface area contributed by atoms with Gasteiger partial charge in [0.1, 0.15) is 11.5 Å². The fourth-order valence-corrected chi connectivity index (χ4v) is 3.53. The van der Waals surface area contributed by atoms with E-state index < -0.39 is 11.9 Å². The van der Waals surface area contributed by atoms with E-state index in [2.05, 4.69) is 0 Å². The van der Waals surface area contributed by atoms with E-state index in [9.17, 15) is 9.59 Å². The molecule has 0 fully saturated rings. The molecule has 4 heteroatoms. The minimum Gasteiger partial charge on any atom is -0.422 e. The summed E-state index contributed by atoms with van der Waals surface area (Å²) >= 11 is 0. The van der Waals surface area contributed by atoms with E-state index in [-0.39, 0.29) is 7.43 Å². The van der Waals surface area contributed by atoms with E-state index in [1.165, 1.54) is 0 Å². The molecule has 0 spiro atoms. The smallest absolute Gasteiger partial charge is 0.345 e. The number of hydrogen-bond donors (Lipinski definition) is 0. The summed E-state index contributed by atoms with van der Waals surface area (Å²) in [5.74, 6) is 0.0489. The second-order valence-corrected chi connectivity index (χ2v) is 6.45. The van der Waals surface area contributed by atoms with Gasteiger partial charge >= 0.3 is 11.9 Å². The molecule has 0 bridgehead atoms. The van der Waals surface area contributed by atoms with Gasteiger partial charge in [0.15, 0.2) is 0 Å². The van der Waals surface area contributed by atoms with Gasteiger partial charge in [0.05, 0.1) is 11.1 Å². The van der Waals surface area contributed by atoms with Gasteiger partial charge in [0.2, 0.25) is 0 Å². The minimum absolute atomic E-state index is 0. The summed E-state index contributed by atoms with van der Waals surface area (Å²) in [6, 6.07) is 7.66. The Balaban J connectivity index is 0.00000182. The van der Waals surface area contributed by atoms with Crippen LogP contribution in [0.1, 0.15) is 40.8 Å². The standard InChI is InChI=1S/C20H16O4.CH4/c1-9-5-11(3)17-13(7-9)15(19(21)23-17)16-14-8-10(2)6-12(4)18(14)24-20(16)22;/h5-8H,1-4H3;1H4/b16-15+;. The minimum atomic E-state index is -0.502. The van der Waals surface area contributed by atoms with Crippen LogP contribution in [-0.2, 0) is 9.59 Å². The SMILES string of the molecule is C.Cc1cc(C)c2c(c1)/C(=C1\C(=O)Oc3c(C)cc(C)cc31)C(=O)O2. The zero-order valence-corrected chi connectivity index (χ0v) is 13.9. The van der Waals surface area contributed by atoms with E-state index in [0.717, 1.165) is 22.3 Å². The number of hydrogen-bond acceptors (Lipinski definition) is 4. The average Bonchev–Trinajstić information content (AvgIpc) is 2.96. The molecule has 2 aromatic rings. The number of fused-ring (bicyclic) bond motifs is 2. The van der Waals surface area contributed by atoms with Crippen LogP contribution >= 0.6 is 0 Å². The van der Waals surface area contributed by atoms with Gasteiger partial charge in [-0.3, -0.25) is 0 Å². The third-order valence-corrected chi connectivity index (χ3v) is 4.42. The molecular formula is C21H20O4. The predicted molar refractivity (Wildman–Crippen MR) is 96.6 cm³/mol. The third-order valence-electron chi connectivity index (χ3n) is 4.42. The fourth-order valence-electron chi connectivity index (χ4n) is 3.53. The molecule has 0 saturated heterocycles. The molecule has 2 aliphatic heterocycles. The number of aryl methyl sites for hydroxylation is 4. The highest BCUT2D eigenvalue weighted by atomic mass is 16.5. The molecule has 0 atom stereocenters. The molecule has 0 aliphatic carbocycles. The lowest BCUT2D eigenvalue weighted by Crippen LogP contribution is -2.08. The third kappa shape index (κ3) is 2.37. The summed E-state index contributed by atoms with van der Waals surface area (Å²) < 4.78 is 10.9. The Labute approximate surface area is 147 Å². The summed E-state index contributed by atoms with van der Waals surface area (Å²) in [7, 11) is 0. The largest absolute Gasteiger partial charge is 0.422 e. The lowest BCUT2D eigenvalue weighted by molar-refractivity contribution is -0.129. The Morgan fingerprint density at radius 3 is 1.36 bits per heavy atom. The number of benzene rings is 2. The average molecular weight is 336 g/mol. The number of carbonyl (C=O) groups is 2. The first-order chi connectivity index (χ1) is 11.4. The highest BCUT2D eigenvalue weighted by molar-refractivity contribution is 6.41. The van der Waals surface area contributed by atoms with Crippen LogP contribution in [0.25, 0.3) is 11.1 Å². The molecule has 2 heterocycles. The van der Waals surface area contributed by atoms with Gasteiger partial charge in [0.25, 0.3) is 0 Å². The van der Waals surface area contributed by atoms with Crippen molar-refractivity contribution in [3.05, 3.63) is 57.6 Å². The summed E-state index contributed by atoms with van der Waals surface area (Å²) in [5.41, 5.74) is 5.69. The molecule has 0 N–H and O–H groups in total. The van der Waals surface area contributed by atoms with Crippen molar-refractivity contribution in [1.29, 1.82) is 0 Å². The highest BCUT2D eigenvalue weighted by Gasteiger charge is 2.39. The first-order valence-corrected chi connectivity index (χ1v) is 7.78. The lowest BCUT2D eigenvalue weighted by Gasteiger charge is -2.05. The van der Waals surface area contributed by atoms with Crippen molar-refractivity contribution in [3.63, 3.8) is 0 Å². The van der Waals surface area contributed by atoms with Crippen LogP contribution in [0.3, 0.4) is 0 Å². The number of carbonyl (C=O) groups excluding carboxylic acids is 2. The molecule has 2 aromatic carbocycles. The second-order valence-electron chi connectivity index (χ2n) is 6.45. The summed E-state index contributed by atoms with van der Waals surface area (Å²) in [6.45, 7) is 7.69. The van der Waals surface area contributed by atoms with Crippen molar-refractivity contribution in [1.82, 2.24) is 0 Å². The number of ether oxygens (including phenoxy) is 2. The van der Waals surface area contributed by atoms with Gasteiger partial charge in [-0.15, -0.1) is 0 Å². The highest BCUT2D eigenvalue weighted by Crippen LogP contribution is 2.46.